The third-order valence-corrected chi connectivity index (χ3v) is 2.30. The first-order chi connectivity index (χ1) is 8.22. The molecule has 0 saturated carbocycles. The normalized spacial score (nSPS) is 10.8. The van der Waals surface area contributed by atoms with Crippen LogP contribution in [0.15, 0.2) is 18.3 Å². The molecule has 0 unspecified atom stereocenters. The lowest BCUT2D eigenvalue weighted by Crippen LogP contribution is -2.08. The largest absolute Gasteiger partial charge is 0.490 e. The average Bonchev–Trinajstić information content (AvgIpc) is 2.34. The van der Waals surface area contributed by atoms with E-state index < -0.39 is 0 Å². The van der Waals surface area contributed by atoms with Gasteiger partial charge in [0, 0.05) is 6.61 Å². The van der Waals surface area contributed by atoms with Crippen LogP contribution in [-0.2, 0) is 11.3 Å². The summed E-state index contributed by atoms with van der Waals surface area (Å²) in [6.07, 6.45) is 2.69. The van der Waals surface area contributed by atoms with Crippen LogP contribution in [0.1, 0.15) is 26.0 Å². The molecule has 17 heavy (non-hydrogen) atoms. The van der Waals surface area contributed by atoms with Crippen molar-refractivity contribution in [2.45, 2.75) is 26.9 Å². The van der Waals surface area contributed by atoms with Crippen LogP contribution in [0.4, 0.5) is 0 Å². The predicted molar refractivity (Wildman–Crippen MR) is 65.9 cm³/mol. The quantitative estimate of drug-likeness (QED) is 0.705. The molecule has 0 aliphatic carbocycles. The van der Waals surface area contributed by atoms with Crippen LogP contribution >= 0.6 is 0 Å². The van der Waals surface area contributed by atoms with Gasteiger partial charge in [0.2, 0.25) is 0 Å². The van der Waals surface area contributed by atoms with Crippen molar-refractivity contribution in [3.05, 3.63) is 24.0 Å². The zero-order valence-electron chi connectivity index (χ0n) is 10.6. The van der Waals surface area contributed by atoms with Gasteiger partial charge in [-0.25, -0.2) is 0 Å². The molecular formula is C13H21NO3. The Labute approximate surface area is 103 Å². The summed E-state index contributed by atoms with van der Waals surface area (Å²) in [5.41, 5.74) is 0.644. The minimum atomic E-state index is -0.0431. The van der Waals surface area contributed by atoms with Crippen molar-refractivity contribution in [3.63, 3.8) is 0 Å². The highest BCUT2D eigenvalue weighted by atomic mass is 16.5. The third kappa shape index (κ3) is 6.24. The first kappa shape index (κ1) is 13.9. The molecule has 1 aromatic rings. The van der Waals surface area contributed by atoms with Crippen LogP contribution in [-0.4, -0.2) is 29.9 Å². The van der Waals surface area contributed by atoms with E-state index in [1.165, 1.54) is 0 Å². The van der Waals surface area contributed by atoms with E-state index in [0.29, 0.717) is 30.6 Å². The fraction of sp³-hybridized carbons (Fsp3) is 0.615. The Kier molecular flexibility index (Phi) is 6.58. The van der Waals surface area contributed by atoms with Crippen molar-refractivity contribution < 1.29 is 14.6 Å². The van der Waals surface area contributed by atoms with E-state index >= 15 is 0 Å². The maximum atomic E-state index is 8.82. The summed E-state index contributed by atoms with van der Waals surface area (Å²) in [7, 11) is 0. The maximum absolute atomic E-state index is 8.82. The van der Waals surface area contributed by atoms with Crippen LogP contribution in [0.3, 0.4) is 0 Å². The summed E-state index contributed by atoms with van der Waals surface area (Å²) >= 11 is 0. The molecule has 0 saturated heterocycles. The van der Waals surface area contributed by atoms with E-state index in [0.717, 1.165) is 13.0 Å². The Morgan fingerprint density at radius 3 is 2.65 bits per heavy atom. The van der Waals surface area contributed by atoms with E-state index in [9.17, 15) is 0 Å². The summed E-state index contributed by atoms with van der Waals surface area (Å²) in [6.45, 7) is 6.20. The minimum absolute atomic E-state index is 0.0431. The molecule has 1 rings (SSSR count). The zero-order chi connectivity index (χ0) is 12.5. The molecule has 0 amide bonds. The molecule has 4 heteroatoms. The number of pyridine rings is 1. The number of aromatic nitrogens is 1. The molecule has 0 fully saturated rings. The van der Waals surface area contributed by atoms with Crippen molar-refractivity contribution in [2.24, 2.45) is 5.92 Å². The lowest BCUT2D eigenvalue weighted by molar-refractivity contribution is 0.0924. The van der Waals surface area contributed by atoms with Crippen molar-refractivity contribution in [1.29, 1.82) is 0 Å². The molecule has 1 aromatic heterocycles. The first-order valence-electron chi connectivity index (χ1n) is 5.98. The van der Waals surface area contributed by atoms with Crippen LogP contribution < -0.4 is 4.74 Å². The Balaban J connectivity index is 2.09. The molecule has 0 bridgehead atoms. The molecule has 0 aromatic carbocycles. The Hall–Kier alpha value is -1.13. The van der Waals surface area contributed by atoms with E-state index in [4.69, 9.17) is 14.6 Å². The number of nitrogens with zero attached hydrogens (tertiary/aromatic N) is 1. The summed E-state index contributed by atoms with van der Waals surface area (Å²) in [5.74, 6) is 1.38. The SMILES string of the molecule is CC(C)CCOCCOc1ccc(CO)nc1. The lowest BCUT2D eigenvalue weighted by atomic mass is 10.1. The average molecular weight is 239 g/mol. The van der Waals surface area contributed by atoms with Gasteiger partial charge in [0.05, 0.1) is 25.1 Å². The molecule has 0 aliphatic rings. The Bertz CT molecular complexity index is 298. The second-order valence-electron chi connectivity index (χ2n) is 4.29. The molecule has 0 atom stereocenters. The highest BCUT2D eigenvalue weighted by molar-refractivity contribution is 5.19. The maximum Gasteiger partial charge on any atom is 0.137 e. The predicted octanol–water partition coefficient (Wildman–Crippen LogP) is 2.02. The summed E-state index contributed by atoms with van der Waals surface area (Å²) in [5, 5.41) is 8.82. The van der Waals surface area contributed by atoms with Crippen molar-refractivity contribution in [2.75, 3.05) is 19.8 Å². The highest BCUT2D eigenvalue weighted by Crippen LogP contribution is 2.08. The van der Waals surface area contributed by atoms with E-state index in [2.05, 4.69) is 18.8 Å². The smallest absolute Gasteiger partial charge is 0.137 e. The molecule has 1 N–H and O–H groups in total. The fourth-order valence-corrected chi connectivity index (χ4v) is 1.23. The number of hydrogen-bond acceptors (Lipinski definition) is 4. The number of rotatable bonds is 8. The summed E-state index contributed by atoms with van der Waals surface area (Å²) in [4.78, 5) is 4.02. The van der Waals surface area contributed by atoms with Gasteiger partial charge in [-0.05, 0) is 24.5 Å². The van der Waals surface area contributed by atoms with Gasteiger partial charge in [-0.1, -0.05) is 13.8 Å². The van der Waals surface area contributed by atoms with Crippen LogP contribution in [0, 0.1) is 5.92 Å². The van der Waals surface area contributed by atoms with Gasteiger partial charge in [-0.15, -0.1) is 0 Å². The van der Waals surface area contributed by atoms with E-state index in [-0.39, 0.29) is 6.61 Å². The molecular weight excluding hydrogens is 218 g/mol. The summed E-state index contributed by atoms with van der Waals surface area (Å²) < 4.78 is 10.9. The van der Waals surface area contributed by atoms with Gasteiger partial charge in [-0.2, -0.15) is 0 Å². The van der Waals surface area contributed by atoms with Gasteiger partial charge in [0.15, 0.2) is 0 Å². The highest BCUT2D eigenvalue weighted by Gasteiger charge is 1.97. The topological polar surface area (TPSA) is 51.6 Å². The first-order valence-corrected chi connectivity index (χ1v) is 5.98. The molecule has 0 spiro atoms. The summed E-state index contributed by atoms with van der Waals surface area (Å²) in [6, 6.07) is 3.54. The molecule has 0 radical (unpaired) electrons. The standard InChI is InChI=1S/C13H21NO3/c1-11(2)5-6-16-7-8-17-13-4-3-12(10-15)14-9-13/h3-4,9,11,15H,5-8,10H2,1-2H3. The van der Waals surface area contributed by atoms with Crippen LogP contribution in [0.2, 0.25) is 0 Å². The minimum Gasteiger partial charge on any atom is -0.490 e. The monoisotopic (exact) mass is 239 g/mol. The number of hydrogen-bond donors (Lipinski definition) is 1. The number of ether oxygens (including phenoxy) is 2. The number of aliphatic hydroxyl groups is 1. The molecule has 0 aliphatic heterocycles. The Morgan fingerprint density at radius 2 is 2.06 bits per heavy atom. The zero-order valence-corrected chi connectivity index (χ0v) is 10.6. The van der Waals surface area contributed by atoms with Crippen molar-refractivity contribution in [1.82, 2.24) is 4.98 Å². The van der Waals surface area contributed by atoms with Gasteiger partial charge >= 0.3 is 0 Å². The second kappa shape index (κ2) is 8.03. The molecule has 96 valence electrons. The van der Waals surface area contributed by atoms with Crippen molar-refractivity contribution in [3.8, 4) is 5.75 Å². The molecule has 1 heterocycles. The van der Waals surface area contributed by atoms with Crippen LogP contribution in [0.25, 0.3) is 0 Å². The lowest BCUT2D eigenvalue weighted by Gasteiger charge is -2.08. The van der Waals surface area contributed by atoms with Gasteiger partial charge in [0.1, 0.15) is 12.4 Å². The van der Waals surface area contributed by atoms with E-state index in [1.807, 2.05) is 0 Å². The second-order valence-corrected chi connectivity index (χ2v) is 4.29. The van der Waals surface area contributed by atoms with E-state index in [1.54, 1.807) is 18.3 Å². The van der Waals surface area contributed by atoms with Gasteiger partial charge in [0.25, 0.3) is 0 Å². The van der Waals surface area contributed by atoms with Crippen molar-refractivity contribution >= 4 is 0 Å². The third-order valence-electron chi connectivity index (χ3n) is 2.30. The fourth-order valence-electron chi connectivity index (χ4n) is 1.23. The molecule has 4 nitrogen and oxygen atoms in total. The van der Waals surface area contributed by atoms with Gasteiger partial charge in [-0.3, -0.25) is 4.98 Å². The number of aliphatic hydroxyl groups excluding tert-OH is 1. The van der Waals surface area contributed by atoms with Gasteiger partial charge < -0.3 is 14.6 Å². The Morgan fingerprint density at radius 1 is 1.24 bits per heavy atom. The van der Waals surface area contributed by atoms with Crippen LogP contribution in [0.5, 0.6) is 5.75 Å².